The fourth-order valence-corrected chi connectivity index (χ4v) is 2.19. The monoisotopic (exact) mass is 406 g/mol. The van der Waals surface area contributed by atoms with Gasteiger partial charge >= 0.3 is 11.9 Å². The number of hydrogen-bond donors (Lipinski definition) is 1. The summed E-state index contributed by atoms with van der Waals surface area (Å²) in [6, 6.07) is 0. The van der Waals surface area contributed by atoms with E-state index in [9.17, 15) is 9.59 Å². The Bertz CT molecular complexity index is 697. The minimum Gasteiger partial charge on any atom is -0.464 e. The van der Waals surface area contributed by atoms with Crippen molar-refractivity contribution < 1.29 is 33.7 Å². The van der Waals surface area contributed by atoms with Crippen LogP contribution >= 0.6 is 12.0 Å². The second-order valence-corrected chi connectivity index (χ2v) is 6.18. The van der Waals surface area contributed by atoms with Crippen molar-refractivity contribution in [3.8, 4) is 48.4 Å². The van der Waals surface area contributed by atoms with Gasteiger partial charge < -0.3 is 9.47 Å². The molecule has 150 valence electrons. The number of terminal acetylenes is 2. The maximum Gasteiger partial charge on any atom is 0.322 e. The molecule has 0 aliphatic rings. The van der Waals surface area contributed by atoms with Crippen LogP contribution in [0.4, 0.5) is 0 Å². The minimum atomic E-state index is -1.12. The van der Waals surface area contributed by atoms with Crippen molar-refractivity contribution in [3.63, 3.8) is 0 Å². The molecular formula is C20H22O7S. The second kappa shape index (κ2) is 16.6. The molecular weight excluding hydrogens is 384 g/mol. The molecule has 0 radical (unpaired) electrons. The Labute approximate surface area is 169 Å². The molecule has 0 aromatic rings. The zero-order chi connectivity index (χ0) is 21.2. The molecule has 0 heterocycles. The van der Waals surface area contributed by atoms with Gasteiger partial charge in [0.1, 0.15) is 18.5 Å². The van der Waals surface area contributed by atoms with Crippen molar-refractivity contribution >= 4 is 24.0 Å². The van der Waals surface area contributed by atoms with Crippen LogP contribution in [-0.4, -0.2) is 35.7 Å². The fourth-order valence-electron chi connectivity index (χ4n) is 1.71. The summed E-state index contributed by atoms with van der Waals surface area (Å²) in [4.78, 5) is 24.2. The van der Waals surface area contributed by atoms with Crippen LogP contribution in [0.2, 0.25) is 0 Å². The van der Waals surface area contributed by atoms with Gasteiger partial charge in [-0.05, 0) is 36.5 Å². The van der Waals surface area contributed by atoms with Gasteiger partial charge in [0.15, 0.2) is 0 Å². The van der Waals surface area contributed by atoms with E-state index in [1.807, 2.05) is 13.8 Å². The smallest absolute Gasteiger partial charge is 0.322 e. The molecule has 0 saturated heterocycles. The van der Waals surface area contributed by atoms with E-state index in [2.05, 4.69) is 44.9 Å². The van der Waals surface area contributed by atoms with E-state index in [4.69, 9.17) is 27.6 Å². The number of ether oxygens (including phenoxy) is 2. The van der Waals surface area contributed by atoms with Crippen molar-refractivity contribution in [2.24, 2.45) is 11.8 Å². The lowest BCUT2D eigenvalue weighted by Crippen LogP contribution is -2.27. The first-order valence-electron chi connectivity index (χ1n) is 8.40. The molecule has 0 aromatic heterocycles. The summed E-state index contributed by atoms with van der Waals surface area (Å²) >= 11 is 0.419. The van der Waals surface area contributed by atoms with E-state index >= 15 is 0 Å². The Morgan fingerprint density at radius 2 is 1.54 bits per heavy atom. The second-order valence-electron chi connectivity index (χ2n) is 5.28. The summed E-state index contributed by atoms with van der Waals surface area (Å²) in [7, 11) is 0. The topological polar surface area (TPSA) is 91.3 Å². The Kier molecular flexibility index (Phi) is 15.0. The van der Waals surface area contributed by atoms with E-state index in [1.165, 1.54) is 0 Å². The predicted octanol–water partition coefficient (Wildman–Crippen LogP) is 2.23. The van der Waals surface area contributed by atoms with E-state index in [1.54, 1.807) is 0 Å². The number of carbonyl (C=O) groups excluding carboxylic acids is 2. The fraction of sp³-hybridized carbons (Fsp3) is 0.500. The maximum absolute atomic E-state index is 12.2. The van der Waals surface area contributed by atoms with Gasteiger partial charge in [-0.1, -0.05) is 30.7 Å². The van der Waals surface area contributed by atoms with Crippen LogP contribution in [0, 0.1) is 60.2 Å². The summed E-state index contributed by atoms with van der Waals surface area (Å²) in [5, 5.41) is 10.7. The Hall–Kier alpha value is -2.59. The predicted molar refractivity (Wildman–Crippen MR) is 103 cm³/mol. The van der Waals surface area contributed by atoms with Gasteiger partial charge in [0.2, 0.25) is 0 Å². The number of hydrogen-bond acceptors (Lipinski definition) is 8. The van der Waals surface area contributed by atoms with Crippen molar-refractivity contribution in [3.05, 3.63) is 0 Å². The molecule has 0 fully saturated rings. The van der Waals surface area contributed by atoms with E-state index in [0.717, 1.165) is 0 Å². The molecule has 0 aliphatic heterocycles. The molecule has 28 heavy (non-hydrogen) atoms. The minimum absolute atomic E-state index is 0.00428. The van der Waals surface area contributed by atoms with Crippen LogP contribution in [0.1, 0.15) is 33.1 Å². The highest BCUT2D eigenvalue weighted by Crippen LogP contribution is 2.19. The SMILES string of the molecule is C#CC#CC(CC)COC(=O)CC(SOOO)C(=O)OCC(C#CC#C)CC. The van der Waals surface area contributed by atoms with Gasteiger partial charge in [-0.15, -0.1) is 17.2 Å². The first kappa shape index (κ1) is 25.4. The van der Waals surface area contributed by atoms with Crippen LogP contribution in [-0.2, 0) is 28.4 Å². The van der Waals surface area contributed by atoms with Crippen LogP contribution in [0.5, 0.6) is 0 Å². The lowest BCUT2D eigenvalue weighted by atomic mass is 10.1. The van der Waals surface area contributed by atoms with Crippen molar-refractivity contribution in [2.75, 3.05) is 13.2 Å². The number of carbonyl (C=O) groups is 2. The van der Waals surface area contributed by atoms with Crippen LogP contribution in [0.15, 0.2) is 0 Å². The van der Waals surface area contributed by atoms with Gasteiger partial charge in [0.05, 0.1) is 30.3 Å². The average molecular weight is 406 g/mol. The molecule has 7 nitrogen and oxygen atoms in total. The summed E-state index contributed by atoms with van der Waals surface area (Å²) in [6.07, 6.45) is 11.0. The molecule has 0 aliphatic carbocycles. The third-order valence-corrected chi connectivity index (χ3v) is 4.09. The molecule has 1 N–H and O–H groups in total. The third kappa shape index (κ3) is 11.9. The first-order valence-corrected chi connectivity index (χ1v) is 9.20. The third-order valence-electron chi connectivity index (χ3n) is 3.36. The highest BCUT2D eigenvalue weighted by atomic mass is 32.2. The summed E-state index contributed by atoms with van der Waals surface area (Å²) in [6.45, 7) is 3.77. The highest BCUT2D eigenvalue weighted by molar-refractivity contribution is 7.95. The Balaban J connectivity index is 4.74. The Morgan fingerprint density at radius 3 is 2.00 bits per heavy atom. The molecule has 3 atom stereocenters. The summed E-state index contributed by atoms with van der Waals surface area (Å²) in [5.74, 6) is 13.0. The molecule has 0 spiro atoms. The van der Waals surface area contributed by atoms with Crippen LogP contribution in [0.3, 0.4) is 0 Å². The molecule has 8 heteroatoms. The van der Waals surface area contributed by atoms with Crippen LogP contribution < -0.4 is 0 Å². The number of esters is 2. The van der Waals surface area contributed by atoms with Crippen molar-refractivity contribution in [1.29, 1.82) is 0 Å². The zero-order valence-corrected chi connectivity index (χ0v) is 16.5. The van der Waals surface area contributed by atoms with E-state index < -0.39 is 17.2 Å². The molecule has 0 aromatic carbocycles. The van der Waals surface area contributed by atoms with Gasteiger partial charge in [-0.2, -0.15) is 0 Å². The Morgan fingerprint density at radius 1 is 1.00 bits per heavy atom. The largest absolute Gasteiger partial charge is 0.464 e. The van der Waals surface area contributed by atoms with Gasteiger partial charge in [0.25, 0.3) is 0 Å². The van der Waals surface area contributed by atoms with Crippen molar-refractivity contribution in [2.45, 2.75) is 38.4 Å². The zero-order valence-electron chi connectivity index (χ0n) is 15.7. The quantitative estimate of drug-likeness (QED) is 0.173. The summed E-state index contributed by atoms with van der Waals surface area (Å²) < 4.78 is 14.6. The summed E-state index contributed by atoms with van der Waals surface area (Å²) in [5.41, 5.74) is 0. The first-order chi connectivity index (χ1) is 13.5. The molecule has 0 bridgehead atoms. The molecule has 0 amide bonds. The average Bonchev–Trinajstić information content (AvgIpc) is 2.71. The molecule has 3 unspecified atom stereocenters. The maximum atomic E-state index is 12.2. The van der Waals surface area contributed by atoms with E-state index in [-0.39, 0.29) is 31.5 Å². The molecule has 0 rings (SSSR count). The van der Waals surface area contributed by atoms with Crippen molar-refractivity contribution in [1.82, 2.24) is 0 Å². The normalized spacial score (nSPS) is 12.5. The highest BCUT2D eigenvalue weighted by Gasteiger charge is 2.27. The number of rotatable bonds is 12. The lowest BCUT2D eigenvalue weighted by Gasteiger charge is -2.15. The van der Waals surface area contributed by atoms with Gasteiger partial charge in [-0.3, -0.25) is 9.59 Å². The van der Waals surface area contributed by atoms with Crippen LogP contribution in [0.25, 0.3) is 0 Å². The van der Waals surface area contributed by atoms with Gasteiger partial charge in [0, 0.05) is 0 Å². The van der Waals surface area contributed by atoms with Gasteiger partial charge in [-0.25, -0.2) is 5.26 Å². The molecule has 0 saturated carbocycles. The lowest BCUT2D eigenvalue weighted by molar-refractivity contribution is -0.432. The standard InChI is InChI=1S/C20H22O7S/c1-5-9-11-16(7-3)14-24-19(21)13-18(28-27-26-23)20(22)25-15-17(8-4)12-10-6-2/h1-2,16-18,23H,7-8,13-15H2,3-4H3. The van der Waals surface area contributed by atoms with E-state index in [0.29, 0.717) is 24.9 Å².